The van der Waals surface area contributed by atoms with Crippen LogP contribution in [0.2, 0.25) is 0 Å². The van der Waals surface area contributed by atoms with Crippen LogP contribution >= 0.6 is 0 Å². The average molecular weight is 245 g/mol. The molecule has 1 aromatic rings. The third-order valence-electron chi connectivity index (χ3n) is 4.53. The molecule has 2 unspecified atom stereocenters. The number of piperidine rings is 1. The zero-order valence-corrected chi connectivity index (χ0v) is 11.4. The minimum absolute atomic E-state index is 0.0688. The fraction of sp³-hybridized carbons (Fsp3) is 0.625. The quantitative estimate of drug-likeness (QED) is 0.883. The lowest BCUT2D eigenvalue weighted by atomic mass is 9.89. The van der Waals surface area contributed by atoms with Gasteiger partial charge in [0.1, 0.15) is 0 Å². The van der Waals surface area contributed by atoms with Crippen molar-refractivity contribution in [2.24, 2.45) is 0 Å². The highest BCUT2D eigenvalue weighted by Crippen LogP contribution is 2.36. The summed E-state index contributed by atoms with van der Waals surface area (Å²) in [4.78, 5) is 0. The number of aryl methyl sites for hydroxylation is 1. The zero-order chi connectivity index (χ0) is 12.6. The van der Waals surface area contributed by atoms with Crippen LogP contribution in [-0.2, 0) is 11.3 Å². The molecule has 1 N–H and O–H groups in total. The third-order valence-corrected chi connectivity index (χ3v) is 4.53. The highest BCUT2D eigenvalue weighted by Gasteiger charge is 2.41. The second-order valence-electron chi connectivity index (χ2n) is 6.21. The van der Waals surface area contributed by atoms with Crippen molar-refractivity contribution in [2.45, 2.75) is 63.8 Å². The Labute approximate surface area is 110 Å². The molecule has 0 saturated carbocycles. The second-order valence-corrected chi connectivity index (χ2v) is 6.21. The maximum atomic E-state index is 6.28. The maximum absolute atomic E-state index is 6.28. The molecule has 0 aliphatic carbocycles. The molecule has 0 amide bonds. The van der Waals surface area contributed by atoms with Crippen LogP contribution in [0, 0.1) is 6.92 Å². The molecule has 0 spiro atoms. The van der Waals surface area contributed by atoms with Gasteiger partial charge in [-0.25, -0.2) is 0 Å². The second kappa shape index (κ2) is 4.67. The Morgan fingerprint density at radius 1 is 1.22 bits per heavy atom. The summed E-state index contributed by atoms with van der Waals surface area (Å²) in [5, 5.41) is 3.68. The number of rotatable bonds is 3. The van der Waals surface area contributed by atoms with Crippen LogP contribution < -0.4 is 5.32 Å². The van der Waals surface area contributed by atoms with E-state index in [0.717, 1.165) is 19.4 Å². The summed E-state index contributed by atoms with van der Waals surface area (Å²) in [5.41, 5.74) is 2.72. The summed E-state index contributed by atoms with van der Waals surface area (Å²) in [6.45, 7) is 5.20. The number of hydrogen-bond acceptors (Lipinski definition) is 2. The van der Waals surface area contributed by atoms with E-state index in [2.05, 4.69) is 43.4 Å². The molecule has 2 fully saturated rings. The van der Waals surface area contributed by atoms with E-state index >= 15 is 0 Å². The lowest BCUT2D eigenvalue weighted by Gasteiger charge is -2.38. The molecule has 3 rings (SSSR count). The van der Waals surface area contributed by atoms with Crippen molar-refractivity contribution in [2.75, 3.05) is 0 Å². The fourth-order valence-corrected chi connectivity index (χ4v) is 3.49. The van der Waals surface area contributed by atoms with Gasteiger partial charge in [0.05, 0.1) is 12.2 Å². The number of nitrogens with one attached hydrogen (secondary N) is 1. The predicted octanol–water partition coefficient (Wildman–Crippen LogP) is 3.18. The van der Waals surface area contributed by atoms with Gasteiger partial charge in [-0.1, -0.05) is 24.3 Å². The first-order chi connectivity index (χ1) is 8.65. The first-order valence-corrected chi connectivity index (χ1v) is 7.09. The third kappa shape index (κ3) is 2.45. The van der Waals surface area contributed by atoms with Crippen molar-refractivity contribution in [1.29, 1.82) is 0 Å². The molecule has 0 radical (unpaired) electrons. The number of benzene rings is 1. The van der Waals surface area contributed by atoms with Crippen LogP contribution in [0.25, 0.3) is 0 Å². The van der Waals surface area contributed by atoms with Gasteiger partial charge in [-0.15, -0.1) is 0 Å². The van der Waals surface area contributed by atoms with E-state index in [0.29, 0.717) is 12.1 Å². The number of ether oxygens (including phenoxy) is 1. The normalized spacial score (nSPS) is 34.8. The smallest absolute Gasteiger partial charge is 0.0726 e. The molecule has 2 aliphatic heterocycles. The van der Waals surface area contributed by atoms with Crippen molar-refractivity contribution < 1.29 is 4.74 Å². The van der Waals surface area contributed by atoms with Crippen LogP contribution in [0.15, 0.2) is 24.3 Å². The van der Waals surface area contributed by atoms with Gasteiger partial charge in [0.15, 0.2) is 0 Å². The van der Waals surface area contributed by atoms with E-state index < -0.39 is 0 Å². The van der Waals surface area contributed by atoms with Crippen molar-refractivity contribution in [3.8, 4) is 0 Å². The first kappa shape index (κ1) is 12.2. The Morgan fingerprint density at radius 3 is 2.56 bits per heavy atom. The molecule has 2 bridgehead atoms. The van der Waals surface area contributed by atoms with Crippen molar-refractivity contribution in [1.82, 2.24) is 5.32 Å². The van der Waals surface area contributed by atoms with Gasteiger partial charge in [-0.3, -0.25) is 0 Å². The van der Waals surface area contributed by atoms with Crippen LogP contribution in [0.5, 0.6) is 0 Å². The highest BCUT2D eigenvalue weighted by atomic mass is 16.5. The first-order valence-electron chi connectivity index (χ1n) is 7.09. The Morgan fingerprint density at radius 2 is 1.89 bits per heavy atom. The molecule has 2 heteroatoms. The van der Waals surface area contributed by atoms with Gasteiger partial charge < -0.3 is 10.1 Å². The van der Waals surface area contributed by atoms with Gasteiger partial charge in [0.2, 0.25) is 0 Å². The molecule has 2 saturated heterocycles. The van der Waals surface area contributed by atoms with E-state index in [9.17, 15) is 0 Å². The molecule has 2 heterocycles. The van der Waals surface area contributed by atoms with Crippen LogP contribution in [0.4, 0.5) is 0 Å². The number of hydrogen-bond donors (Lipinski definition) is 1. The Balaban J connectivity index is 1.64. The Kier molecular flexibility index (Phi) is 3.16. The molecule has 2 atom stereocenters. The standard InChI is InChI=1S/C16H23NO/c1-12-5-3-4-6-13(12)11-18-16(2)9-14-7-8-15(10-16)17-14/h3-6,14-15,17H,7-11H2,1-2H3. The van der Waals surface area contributed by atoms with E-state index in [4.69, 9.17) is 4.74 Å². The monoisotopic (exact) mass is 245 g/mol. The average Bonchev–Trinajstić information content (AvgIpc) is 2.69. The molecular formula is C16H23NO. The summed E-state index contributed by atoms with van der Waals surface area (Å²) in [6, 6.07) is 9.89. The lowest BCUT2D eigenvalue weighted by Crippen LogP contribution is -2.48. The molecule has 18 heavy (non-hydrogen) atoms. The van der Waals surface area contributed by atoms with Crippen LogP contribution in [-0.4, -0.2) is 17.7 Å². The number of fused-ring (bicyclic) bond motifs is 2. The van der Waals surface area contributed by atoms with Gasteiger partial charge in [-0.2, -0.15) is 0 Å². The predicted molar refractivity (Wildman–Crippen MR) is 73.6 cm³/mol. The van der Waals surface area contributed by atoms with E-state index in [1.165, 1.54) is 24.0 Å². The van der Waals surface area contributed by atoms with E-state index in [-0.39, 0.29) is 5.60 Å². The summed E-state index contributed by atoms with van der Waals surface area (Å²) in [7, 11) is 0. The fourth-order valence-electron chi connectivity index (χ4n) is 3.49. The molecule has 1 aromatic carbocycles. The summed E-state index contributed by atoms with van der Waals surface area (Å²) in [5.74, 6) is 0. The molecule has 2 nitrogen and oxygen atoms in total. The minimum atomic E-state index is 0.0688. The molecule has 0 aromatic heterocycles. The molecular weight excluding hydrogens is 222 g/mol. The maximum Gasteiger partial charge on any atom is 0.0726 e. The Bertz CT molecular complexity index is 417. The zero-order valence-electron chi connectivity index (χ0n) is 11.4. The lowest BCUT2D eigenvalue weighted by molar-refractivity contribution is -0.0732. The van der Waals surface area contributed by atoms with Crippen LogP contribution in [0.1, 0.15) is 43.7 Å². The minimum Gasteiger partial charge on any atom is -0.370 e. The highest BCUT2D eigenvalue weighted by molar-refractivity contribution is 5.24. The molecule has 2 aliphatic rings. The van der Waals surface area contributed by atoms with Gasteiger partial charge in [-0.05, 0) is 50.7 Å². The van der Waals surface area contributed by atoms with Gasteiger partial charge in [0, 0.05) is 12.1 Å². The van der Waals surface area contributed by atoms with Crippen molar-refractivity contribution in [3.63, 3.8) is 0 Å². The SMILES string of the molecule is Cc1ccccc1COC1(C)CC2CCC(C1)N2. The van der Waals surface area contributed by atoms with Gasteiger partial charge >= 0.3 is 0 Å². The van der Waals surface area contributed by atoms with Gasteiger partial charge in [0.25, 0.3) is 0 Å². The Hall–Kier alpha value is -0.860. The van der Waals surface area contributed by atoms with E-state index in [1.54, 1.807) is 0 Å². The summed E-state index contributed by atoms with van der Waals surface area (Å²) in [6.07, 6.45) is 4.98. The van der Waals surface area contributed by atoms with Crippen LogP contribution in [0.3, 0.4) is 0 Å². The topological polar surface area (TPSA) is 21.3 Å². The van der Waals surface area contributed by atoms with Crippen molar-refractivity contribution in [3.05, 3.63) is 35.4 Å². The molecule has 98 valence electrons. The van der Waals surface area contributed by atoms with Crippen molar-refractivity contribution >= 4 is 0 Å². The summed E-state index contributed by atoms with van der Waals surface area (Å²) >= 11 is 0. The summed E-state index contributed by atoms with van der Waals surface area (Å²) < 4.78 is 6.28. The van der Waals surface area contributed by atoms with E-state index in [1.807, 2.05) is 0 Å². The largest absolute Gasteiger partial charge is 0.370 e.